The second kappa shape index (κ2) is 11.4. The van der Waals surface area contributed by atoms with Crippen LogP contribution in [0.2, 0.25) is 0 Å². The molecular weight excluding hydrogens is 651 g/mol. The second-order valence-corrected chi connectivity index (χ2v) is 11.9. The summed E-state index contributed by atoms with van der Waals surface area (Å²) in [5, 5.41) is 5.59. The molecule has 6 rings (SSSR count). The summed E-state index contributed by atoms with van der Waals surface area (Å²) in [5.74, 6) is -2.06. The number of methoxy groups -OCH3 is 1. The van der Waals surface area contributed by atoms with Crippen LogP contribution < -0.4 is 15.4 Å². The highest BCUT2D eigenvalue weighted by Gasteiger charge is 2.69. The predicted molar refractivity (Wildman–Crippen MR) is 166 cm³/mol. The van der Waals surface area contributed by atoms with Gasteiger partial charge in [0.15, 0.2) is 11.3 Å². The number of alkyl halides is 3. The third kappa shape index (κ3) is 5.04. The molecule has 1 spiro atoms. The van der Waals surface area contributed by atoms with E-state index in [2.05, 4.69) is 26.6 Å². The van der Waals surface area contributed by atoms with Gasteiger partial charge in [0, 0.05) is 38.9 Å². The van der Waals surface area contributed by atoms with E-state index in [1.165, 1.54) is 12.0 Å². The molecule has 0 radical (unpaired) electrons. The Kier molecular flexibility index (Phi) is 7.68. The van der Waals surface area contributed by atoms with Crippen LogP contribution in [0.3, 0.4) is 0 Å². The average molecular weight is 679 g/mol. The maximum absolute atomic E-state index is 14.7. The van der Waals surface area contributed by atoms with Crippen LogP contribution in [0.25, 0.3) is 0 Å². The van der Waals surface area contributed by atoms with Crippen LogP contribution in [0.1, 0.15) is 39.9 Å². The molecule has 2 heterocycles. The lowest BCUT2D eigenvalue weighted by Gasteiger charge is -2.38. The maximum atomic E-state index is 14.7. The lowest BCUT2D eigenvalue weighted by atomic mass is 9.69. The van der Waals surface area contributed by atoms with Gasteiger partial charge < -0.3 is 20.3 Å². The molecule has 4 unspecified atom stereocenters. The summed E-state index contributed by atoms with van der Waals surface area (Å²) < 4.78 is 45.6. The van der Waals surface area contributed by atoms with Crippen LogP contribution in [-0.2, 0) is 16.5 Å². The van der Waals surface area contributed by atoms with Crippen LogP contribution in [0.5, 0.6) is 5.75 Å². The van der Waals surface area contributed by atoms with Crippen LogP contribution in [0.4, 0.5) is 29.3 Å². The number of ether oxygens (including phenoxy) is 1. The Morgan fingerprint density at radius 1 is 0.956 bits per heavy atom. The lowest BCUT2D eigenvalue weighted by Crippen LogP contribution is -2.57. The van der Waals surface area contributed by atoms with Crippen molar-refractivity contribution in [2.24, 2.45) is 5.92 Å². The zero-order valence-corrected chi connectivity index (χ0v) is 25.6. The normalized spacial score (nSPS) is 22.2. The minimum atomic E-state index is -4.55. The number of ketones is 1. The Morgan fingerprint density at radius 2 is 1.62 bits per heavy atom. The first-order chi connectivity index (χ1) is 21.5. The molecule has 2 N–H and O–H groups in total. The Balaban J connectivity index is 1.56. The third-order valence-corrected chi connectivity index (χ3v) is 9.12. The van der Waals surface area contributed by atoms with E-state index in [1.54, 1.807) is 67.6 Å². The molecule has 0 aromatic heterocycles. The molecule has 4 aromatic rings. The van der Waals surface area contributed by atoms with Crippen LogP contribution in [0.15, 0.2) is 102 Å². The number of halogens is 4. The van der Waals surface area contributed by atoms with Gasteiger partial charge in [0.2, 0.25) is 0 Å². The smallest absolute Gasteiger partial charge is 0.416 e. The van der Waals surface area contributed by atoms with Gasteiger partial charge in [-0.05, 0) is 67.1 Å². The number of carbonyl (C=O) groups is 3. The van der Waals surface area contributed by atoms with E-state index >= 15 is 0 Å². The number of amides is 3. The van der Waals surface area contributed by atoms with Crippen LogP contribution in [-0.4, -0.2) is 35.8 Å². The van der Waals surface area contributed by atoms with Crippen LogP contribution >= 0.6 is 15.9 Å². The highest BCUT2D eigenvalue weighted by molar-refractivity contribution is 9.10. The topological polar surface area (TPSA) is 87.7 Å². The van der Waals surface area contributed by atoms with E-state index in [0.717, 1.165) is 24.3 Å². The van der Waals surface area contributed by atoms with Crippen molar-refractivity contribution < 1.29 is 32.3 Å². The molecule has 45 heavy (non-hydrogen) atoms. The van der Waals surface area contributed by atoms with Crippen molar-refractivity contribution in [2.45, 2.75) is 30.6 Å². The lowest BCUT2D eigenvalue weighted by molar-refractivity contribution is -0.137. The number of nitrogens with zero attached hydrogens (tertiary/aromatic N) is 1. The first kappa shape index (κ1) is 30.4. The summed E-state index contributed by atoms with van der Waals surface area (Å²) >= 11 is 3.49. The van der Waals surface area contributed by atoms with Crippen molar-refractivity contribution >= 4 is 45.0 Å². The Hall–Kier alpha value is -4.64. The Morgan fingerprint density at radius 3 is 2.24 bits per heavy atom. The van der Waals surface area contributed by atoms with E-state index in [4.69, 9.17) is 4.74 Å². The summed E-state index contributed by atoms with van der Waals surface area (Å²) in [6.07, 6.45) is -4.55. The van der Waals surface area contributed by atoms with E-state index in [9.17, 15) is 27.6 Å². The summed E-state index contributed by atoms with van der Waals surface area (Å²) in [5.41, 5.74) is -0.625. The van der Waals surface area contributed by atoms with Gasteiger partial charge in [-0.15, -0.1) is 0 Å². The van der Waals surface area contributed by atoms with E-state index in [0.29, 0.717) is 32.6 Å². The number of rotatable bonds is 5. The maximum Gasteiger partial charge on any atom is 0.416 e. The first-order valence-corrected chi connectivity index (χ1v) is 14.9. The molecule has 4 aromatic carbocycles. The standard InChI is InChI=1S/C34H27BrF3N3O4/c1-19-28(20-8-15-25(45-2)16-9-20)29(30(42)21-6-4-3-5-7-21)33(26-18-23(35)12-17-27(26)40-31(33)43)41(19)32(44)39-24-13-10-22(11-14-24)34(36,37)38/h3-19,28-29H,1-2H3,(H,39,44)(H,40,43). The highest BCUT2D eigenvalue weighted by atomic mass is 79.9. The summed E-state index contributed by atoms with van der Waals surface area (Å²) in [6.45, 7) is 1.77. The highest BCUT2D eigenvalue weighted by Crippen LogP contribution is 2.59. The third-order valence-electron chi connectivity index (χ3n) is 8.63. The van der Waals surface area contributed by atoms with Crippen molar-refractivity contribution in [3.63, 3.8) is 0 Å². The SMILES string of the molecule is COc1ccc(C2C(C)N(C(=O)Nc3ccc(C(F)(F)F)cc3)C3(C(=O)Nc4ccc(Br)cc43)C2C(=O)c2ccccc2)cc1. The minimum absolute atomic E-state index is 0.0991. The predicted octanol–water partition coefficient (Wildman–Crippen LogP) is 7.84. The monoisotopic (exact) mass is 677 g/mol. The molecule has 2 aliphatic rings. The average Bonchev–Trinajstić information content (AvgIpc) is 3.47. The van der Waals surface area contributed by atoms with Crippen molar-refractivity contribution in [2.75, 3.05) is 17.7 Å². The molecular formula is C34H27BrF3N3O4. The van der Waals surface area contributed by atoms with Gasteiger partial charge in [-0.3, -0.25) is 9.59 Å². The summed E-state index contributed by atoms with van der Waals surface area (Å²) in [6, 6.07) is 23.5. The largest absolute Gasteiger partial charge is 0.497 e. The van der Waals surface area contributed by atoms with Gasteiger partial charge in [0.1, 0.15) is 5.75 Å². The quantitative estimate of drug-likeness (QED) is 0.211. The molecule has 4 atom stereocenters. The molecule has 0 saturated carbocycles. The fourth-order valence-corrected chi connectivity index (χ4v) is 7.06. The summed E-state index contributed by atoms with van der Waals surface area (Å²) in [4.78, 5) is 44.8. The number of carbonyl (C=O) groups excluding carboxylic acids is 3. The fraction of sp³-hybridized carbons (Fsp3) is 0.206. The van der Waals surface area contributed by atoms with Crippen LogP contribution in [0, 0.1) is 5.92 Å². The molecule has 0 bridgehead atoms. The zero-order valence-electron chi connectivity index (χ0n) is 24.1. The Labute approximate surface area is 265 Å². The molecule has 11 heteroatoms. The van der Waals surface area contributed by atoms with Gasteiger partial charge in [-0.1, -0.05) is 58.4 Å². The molecule has 2 aliphatic heterocycles. The minimum Gasteiger partial charge on any atom is -0.497 e. The molecule has 0 aliphatic carbocycles. The summed E-state index contributed by atoms with van der Waals surface area (Å²) in [7, 11) is 1.54. The first-order valence-electron chi connectivity index (χ1n) is 14.1. The van der Waals surface area contributed by atoms with Gasteiger partial charge in [0.25, 0.3) is 5.91 Å². The van der Waals surface area contributed by atoms with Crippen molar-refractivity contribution in [3.8, 4) is 5.75 Å². The number of nitrogens with one attached hydrogen (secondary N) is 2. The number of hydrogen-bond donors (Lipinski definition) is 2. The zero-order chi connectivity index (χ0) is 32.1. The molecule has 7 nitrogen and oxygen atoms in total. The van der Waals surface area contributed by atoms with E-state index in [1.807, 2.05) is 12.1 Å². The molecule has 3 amide bonds. The second-order valence-electron chi connectivity index (χ2n) is 11.0. The van der Waals surface area contributed by atoms with Gasteiger partial charge in [-0.25, -0.2) is 4.79 Å². The number of likely N-dealkylation sites (tertiary alicyclic amines) is 1. The molecule has 1 fully saturated rings. The number of Topliss-reactive ketones (excluding diaryl/α,β-unsaturated/α-hetero) is 1. The number of urea groups is 1. The van der Waals surface area contributed by atoms with Crippen molar-refractivity contribution in [1.29, 1.82) is 0 Å². The van der Waals surface area contributed by atoms with Crippen molar-refractivity contribution in [1.82, 2.24) is 4.90 Å². The molecule has 230 valence electrons. The molecule has 1 saturated heterocycles. The van der Waals surface area contributed by atoms with Crippen molar-refractivity contribution in [3.05, 3.63) is 124 Å². The number of benzene rings is 4. The number of anilines is 2. The fourth-order valence-electron chi connectivity index (χ4n) is 6.70. The van der Waals surface area contributed by atoms with Gasteiger partial charge in [0.05, 0.1) is 18.6 Å². The number of fused-ring (bicyclic) bond motifs is 2. The number of hydrogen-bond acceptors (Lipinski definition) is 4. The van der Waals surface area contributed by atoms with E-state index in [-0.39, 0.29) is 11.5 Å². The van der Waals surface area contributed by atoms with E-state index < -0.39 is 47.1 Å². The Bertz CT molecular complexity index is 1780. The van der Waals surface area contributed by atoms with Gasteiger partial charge >= 0.3 is 12.2 Å². The van der Waals surface area contributed by atoms with Gasteiger partial charge in [-0.2, -0.15) is 13.2 Å².